The van der Waals surface area contributed by atoms with E-state index in [0.29, 0.717) is 11.2 Å². The number of nitrogens with one attached hydrogen (secondary N) is 1. The van der Waals surface area contributed by atoms with Gasteiger partial charge in [-0.3, -0.25) is 0 Å². The Bertz CT molecular complexity index is 414. The van der Waals surface area contributed by atoms with Gasteiger partial charge in [0, 0.05) is 23.8 Å². The molecule has 3 N–H and O–H groups in total. The third-order valence-corrected chi connectivity index (χ3v) is 4.09. The fraction of sp³-hybridized carbons (Fsp3) is 0.571. The van der Waals surface area contributed by atoms with Crippen LogP contribution in [-0.2, 0) is 0 Å². The second-order valence-electron chi connectivity index (χ2n) is 5.28. The van der Waals surface area contributed by atoms with E-state index in [-0.39, 0.29) is 0 Å². The molecule has 1 fully saturated rings. The van der Waals surface area contributed by atoms with Crippen LogP contribution in [0.2, 0.25) is 0 Å². The SMILES string of the molecule is COc1cc(NCC2(N(C)C)CCC2)ccc1N. The molecule has 2 rings (SSSR count). The van der Waals surface area contributed by atoms with Gasteiger partial charge in [-0.15, -0.1) is 0 Å². The molecule has 1 aliphatic rings. The Balaban J connectivity index is 2.02. The van der Waals surface area contributed by atoms with Crippen molar-refractivity contribution in [2.45, 2.75) is 24.8 Å². The Kier molecular flexibility index (Phi) is 3.66. The number of benzene rings is 1. The van der Waals surface area contributed by atoms with E-state index < -0.39 is 0 Å². The molecule has 1 aliphatic carbocycles. The molecule has 100 valence electrons. The lowest BCUT2D eigenvalue weighted by atomic mass is 9.75. The van der Waals surface area contributed by atoms with Crippen molar-refractivity contribution in [3.05, 3.63) is 18.2 Å². The second kappa shape index (κ2) is 5.06. The van der Waals surface area contributed by atoms with Gasteiger partial charge in [-0.2, -0.15) is 0 Å². The molecule has 0 radical (unpaired) electrons. The minimum atomic E-state index is 0.314. The van der Waals surface area contributed by atoms with Crippen LogP contribution in [0.15, 0.2) is 18.2 Å². The van der Waals surface area contributed by atoms with Gasteiger partial charge in [0.05, 0.1) is 12.8 Å². The average Bonchev–Trinajstić information content (AvgIpc) is 2.29. The van der Waals surface area contributed by atoms with Crippen LogP contribution in [0.5, 0.6) is 5.75 Å². The summed E-state index contributed by atoms with van der Waals surface area (Å²) in [6.45, 7) is 0.965. The molecule has 0 heterocycles. The van der Waals surface area contributed by atoms with Crippen LogP contribution in [0.1, 0.15) is 19.3 Å². The molecule has 4 nitrogen and oxygen atoms in total. The van der Waals surface area contributed by atoms with Gasteiger partial charge in [0.25, 0.3) is 0 Å². The topological polar surface area (TPSA) is 50.5 Å². The summed E-state index contributed by atoms with van der Waals surface area (Å²) in [5.41, 5.74) is 7.86. The molecular weight excluding hydrogens is 226 g/mol. The van der Waals surface area contributed by atoms with Crippen molar-refractivity contribution in [3.8, 4) is 5.75 Å². The predicted octanol–water partition coefficient (Wildman–Crippen LogP) is 2.17. The molecule has 18 heavy (non-hydrogen) atoms. The maximum Gasteiger partial charge on any atom is 0.143 e. The van der Waals surface area contributed by atoms with Gasteiger partial charge in [0.1, 0.15) is 5.75 Å². The lowest BCUT2D eigenvalue weighted by molar-refractivity contribution is 0.0739. The van der Waals surface area contributed by atoms with Crippen LogP contribution >= 0.6 is 0 Å². The lowest BCUT2D eigenvalue weighted by Crippen LogP contribution is -2.54. The first-order valence-corrected chi connectivity index (χ1v) is 6.42. The molecule has 0 aliphatic heterocycles. The summed E-state index contributed by atoms with van der Waals surface area (Å²) >= 11 is 0. The molecule has 0 atom stereocenters. The number of likely N-dealkylation sites (N-methyl/N-ethyl adjacent to an activating group) is 1. The summed E-state index contributed by atoms with van der Waals surface area (Å²) in [6, 6.07) is 5.83. The van der Waals surface area contributed by atoms with Crippen molar-refractivity contribution in [3.63, 3.8) is 0 Å². The number of ether oxygens (including phenoxy) is 1. The number of rotatable bonds is 5. The monoisotopic (exact) mass is 249 g/mol. The van der Waals surface area contributed by atoms with Crippen molar-refractivity contribution in [2.75, 3.05) is 38.8 Å². The van der Waals surface area contributed by atoms with Crippen LogP contribution in [0.3, 0.4) is 0 Å². The molecule has 4 heteroatoms. The summed E-state index contributed by atoms with van der Waals surface area (Å²) in [5.74, 6) is 0.729. The molecule has 0 aromatic heterocycles. The van der Waals surface area contributed by atoms with Gasteiger partial charge >= 0.3 is 0 Å². The first kappa shape index (κ1) is 13.0. The van der Waals surface area contributed by atoms with E-state index in [0.717, 1.165) is 18.0 Å². The van der Waals surface area contributed by atoms with Crippen molar-refractivity contribution in [1.82, 2.24) is 4.90 Å². The molecule has 1 saturated carbocycles. The quantitative estimate of drug-likeness (QED) is 0.785. The van der Waals surface area contributed by atoms with Gasteiger partial charge in [-0.05, 0) is 45.5 Å². The Hall–Kier alpha value is -1.42. The van der Waals surface area contributed by atoms with E-state index in [9.17, 15) is 0 Å². The molecule has 1 aromatic carbocycles. The molecule has 0 spiro atoms. The third kappa shape index (κ3) is 2.38. The van der Waals surface area contributed by atoms with Gasteiger partial charge in [0.2, 0.25) is 0 Å². The van der Waals surface area contributed by atoms with Crippen LogP contribution in [0.4, 0.5) is 11.4 Å². The molecule has 0 bridgehead atoms. The van der Waals surface area contributed by atoms with Crippen molar-refractivity contribution in [2.24, 2.45) is 0 Å². The van der Waals surface area contributed by atoms with E-state index in [1.807, 2.05) is 18.2 Å². The minimum Gasteiger partial charge on any atom is -0.495 e. The fourth-order valence-electron chi connectivity index (χ4n) is 2.45. The van der Waals surface area contributed by atoms with E-state index in [2.05, 4.69) is 24.3 Å². The summed E-state index contributed by atoms with van der Waals surface area (Å²) < 4.78 is 5.23. The van der Waals surface area contributed by atoms with Crippen LogP contribution in [0, 0.1) is 0 Å². The summed E-state index contributed by atoms with van der Waals surface area (Å²) in [7, 11) is 5.96. The standard InChI is InChI=1S/C14H23N3O/c1-17(2)14(7-4-8-14)10-16-11-5-6-12(15)13(9-11)18-3/h5-6,9,16H,4,7-8,10,15H2,1-3H3. The van der Waals surface area contributed by atoms with E-state index >= 15 is 0 Å². The maximum absolute atomic E-state index is 5.81. The lowest BCUT2D eigenvalue weighted by Gasteiger charge is -2.47. The van der Waals surface area contributed by atoms with Crippen molar-refractivity contribution in [1.29, 1.82) is 0 Å². The average molecular weight is 249 g/mol. The number of hydrogen-bond donors (Lipinski definition) is 2. The highest BCUT2D eigenvalue weighted by Crippen LogP contribution is 2.36. The van der Waals surface area contributed by atoms with Crippen LogP contribution in [-0.4, -0.2) is 38.2 Å². The number of methoxy groups -OCH3 is 1. The number of hydrogen-bond acceptors (Lipinski definition) is 4. The Morgan fingerprint density at radius 2 is 2.11 bits per heavy atom. The van der Waals surface area contributed by atoms with E-state index in [1.165, 1.54) is 19.3 Å². The van der Waals surface area contributed by atoms with E-state index in [1.54, 1.807) is 7.11 Å². The number of anilines is 2. The highest BCUT2D eigenvalue weighted by Gasteiger charge is 2.38. The molecule has 0 unspecified atom stereocenters. The van der Waals surface area contributed by atoms with Crippen molar-refractivity contribution >= 4 is 11.4 Å². The number of nitrogens with zero attached hydrogens (tertiary/aromatic N) is 1. The Morgan fingerprint density at radius 3 is 2.61 bits per heavy atom. The number of nitrogens with two attached hydrogens (primary N) is 1. The molecule has 1 aromatic rings. The van der Waals surface area contributed by atoms with Gasteiger partial charge in [-0.1, -0.05) is 0 Å². The van der Waals surface area contributed by atoms with E-state index in [4.69, 9.17) is 10.5 Å². The van der Waals surface area contributed by atoms with Crippen LogP contribution < -0.4 is 15.8 Å². The van der Waals surface area contributed by atoms with Gasteiger partial charge in [0.15, 0.2) is 0 Å². The smallest absolute Gasteiger partial charge is 0.143 e. The van der Waals surface area contributed by atoms with Gasteiger partial charge in [-0.25, -0.2) is 0 Å². The Morgan fingerprint density at radius 1 is 1.39 bits per heavy atom. The Labute approximate surface area is 109 Å². The summed E-state index contributed by atoms with van der Waals surface area (Å²) in [4.78, 5) is 2.33. The number of nitrogen functional groups attached to an aromatic ring is 1. The predicted molar refractivity (Wildman–Crippen MR) is 76.2 cm³/mol. The second-order valence-corrected chi connectivity index (χ2v) is 5.28. The molecular formula is C14H23N3O. The van der Waals surface area contributed by atoms with Crippen LogP contribution in [0.25, 0.3) is 0 Å². The zero-order chi connectivity index (χ0) is 13.2. The highest BCUT2D eigenvalue weighted by atomic mass is 16.5. The molecule has 0 amide bonds. The zero-order valence-corrected chi connectivity index (χ0v) is 11.5. The first-order valence-electron chi connectivity index (χ1n) is 6.42. The first-order chi connectivity index (χ1) is 8.57. The van der Waals surface area contributed by atoms with Crippen molar-refractivity contribution < 1.29 is 4.74 Å². The van der Waals surface area contributed by atoms with Gasteiger partial charge < -0.3 is 20.7 Å². The normalized spacial score (nSPS) is 17.3. The largest absolute Gasteiger partial charge is 0.495 e. The fourth-order valence-corrected chi connectivity index (χ4v) is 2.45. The molecule has 0 saturated heterocycles. The third-order valence-electron chi connectivity index (χ3n) is 4.09. The zero-order valence-electron chi connectivity index (χ0n) is 11.5. The summed E-state index contributed by atoms with van der Waals surface area (Å²) in [6.07, 6.45) is 3.85. The minimum absolute atomic E-state index is 0.314. The maximum atomic E-state index is 5.81. The highest BCUT2D eigenvalue weighted by molar-refractivity contribution is 5.61. The summed E-state index contributed by atoms with van der Waals surface area (Å²) in [5, 5.41) is 3.49.